The number of benzene rings is 1. The molecule has 1 aromatic carbocycles. The lowest BCUT2D eigenvalue weighted by molar-refractivity contribution is 0.371. The van der Waals surface area contributed by atoms with Gasteiger partial charge in [-0.1, -0.05) is 0 Å². The maximum atomic E-state index is 13.0. The Morgan fingerprint density at radius 1 is 1.21 bits per heavy atom. The van der Waals surface area contributed by atoms with E-state index in [1.165, 1.54) is 12.1 Å². The van der Waals surface area contributed by atoms with Crippen molar-refractivity contribution in [3.63, 3.8) is 0 Å². The highest BCUT2D eigenvalue weighted by Gasteiger charge is 2.20. The molecule has 1 aromatic heterocycles. The van der Waals surface area contributed by atoms with E-state index in [0.29, 0.717) is 6.54 Å². The van der Waals surface area contributed by atoms with Gasteiger partial charge in [-0.2, -0.15) is 0 Å². The number of nitrogens with zero attached hydrogens (tertiary/aromatic N) is 6. The lowest BCUT2D eigenvalue weighted by atomic mass is 10.2. The fraction of sp³-hybridized carbons (Fsp3) is 0.438. The maximum Gasteiger partial charge on any atom is 0.194 e. The fourth-order valence-electron chi connectivity index (χ4n) is 2.79. The molecule has 0 bridgehead atoms. The lowest BCUT2D eigenvalue weighted by Crippen LogP contribution is -2.52. The van der Waals surface area contributed by atoms with Crippen LogP contribution in [0.1, 0.15) is 5.82 Å². The molecule has 1 fully saturated rings. The molecule has 1 aliphatic rings. The van der Waals surface area contributed by atoms with E-state index in [4.69, 9.17) is 0 Å². The van der Waals surface area contributed by atoms with E-state index in [2.05, 4.69) is 30.3 Å². The van der Waals surface area contributed by atoms with Crippen LogP contribution in [0.2, 0.25) is 0 Å². The van der Waals surface area contributed by atoms with Gasteiger partial charge >= 0.3 is 0 Å². The summed E-state index contributed by atoms with van der Waals surface area (Å²) in [7, 11) is 3.70. The maximum absolute atomic E-state index is 13.0. The van der Waals surface area contributed by atoms with Crippen molar-refractivity contribution in [1.29, 1.82) is 0 Å². The number of anilines is 1. The van der Waals surface area contributed by atoms with Crippen molar-refractivity contribution < 1.29 is 4.39 Å². The van der Waals surface area contributed by atoms with E-state index in [0.717, 1.165) is 43.7 Å². The van der Waals surface area contributed by atoms with Gasteiger partial charge in [-0.05, 0) is 24.3 Å². The molecular weight excluding hydrogens is 309 g/mol. The normalized spacial score (nSPS) is 15.7. The number of hydrogen-bond acceptors (Lipinski definition) is 4. The van der Waals surface area contributed by atoms with Crippen LogP contribution in [0.5, 0.6) is 0 Å². The van der Waals surface area contributed by atoms with Gasteiger partial charge < -0.3 is 19.7 Å². The summed E-state index contributed by atoms with van der Waals surface area (Å²) in [5.41, 5.74) is 1.05. The van der Waals surface area contributed by atoms with Crippen molar-refractivity contribution in [2.75, 3.05) is 38.1 Å². The Labute approximate surface area is 140 Å². The summed E-state index contributed by atoms with van der Waals surface area (Å²) in [6.45, 7) is 4.04. The number of rotatable bonds is 3. The zero-order valence-corrected chi connectivity index (χ0v) is 14.0. The first-order chi connectivity index (χ1) is 11.7. The summed E-state index contributed by atoms with van der Waals surface area (Å²) in [5, 5.41) is 11.3. The minimum atomic E-state index is -0.203. The molecule has 7 nitrogen and oxygen atoms in total. The number of halogens is 1. The largest absolute Gasteiger partial charge is 0.368 e. The Hall–Kier alpha value is -2.64. The Morgan fingerprint density at radius 2 is 1.92 bits per heavy atom. The van der Waals surface area contributed by atoms with Crippen LogP contribution in [0.15, 0.2) is 35.6 Å². The molecule has 128 valence electrons. The van der Waals surface area contributed by atoms with Crippen LogP contribution in [0.25, 0.3) is 0 Å². The molecule has 0 atom stereocenters. The SMILES string of the molecule is CN=C(NCc1nncn1C)N1CCN(c2ccc(F)cc2)CC1. The van der Waals surface area contributed by atoms with E-state index in [1.807, 2.05) is 23.7 Å². The van der Waals surface area contributed by atoms with Crippen molar-refractivity contribution >= 4 is 11.6 Å². The molecule has 0 radical (unpaired) electrons. The average Bonchev–Trinajstić information content (AvgIpc) is 3.02. The van der Waals surface area contributed by atoms with E-state index < -0.39 is 0 Å². The number of aliphatic imine (C=N–C) groups is 1. The second kappa shape index (κ2) is 7.29. The van der Waals surface area contributed by atoms with Gasteiger partial charge in [-0.25, -0.2) is 4.39 Å². The van der Waals surface area contributed by atoms with Gasteiger partial charge in [0.05, 0.1) is 6.54 Å². The quantitative estimate of drug-likeness (QED) is 0.667. The van der Waals surface area contributed by atoms with Crippen molar-refractivity contribution in [3.05, 3.63) is 42.2 Å². The van der Waals surface area contributed by atoms with E-state index in [-0.39, 0.29) is 5.82 Å². The molecule has 0 aliphatic carbocycles. The lowest BCUT2D eigenvalue weighted by Gasteiger charge is -2.37. The highest BCUT2D eigenvalue weighted by Crippen LogP contribution is 2.16. The third kappa shape index (κ3) is 3.64. The zero-order chi connectivity index (χ0) is 16.9. The predicted molar refractivity (Wildman–Crippen MR) is 91.4 cm³/mol. The first-order valence-corrected chi connectivity index (χ1v) is 7.96. The van der Waals surface area contributed by atoms with E-state index >= 15 is 0 Å². The average molecular weight is 331 g/mol. The molecule has 1 saturated heterocycles. The monoisotopic (exact) mass is 331 g/mol. The van der Waals surface area contributed by atoms with Gasteiger partial charge in [0.25, 0.3) is 0 Å². The number of aromatic nitrogens is 3. The fourth-order valence-corrected chi connectivity index (χ4v) is 2.79. The predicted octanol–water partition coefficient (Wildman–Crippen LogP) is 0.852. The van der Waals surface area contributed by atoms with Crippen LogP contribution in [0.3, 0.4) is 0 Å². The van der Waals surface area contributed by atoms with Crippen LogP contribution in [-0.4, -0.2) is 58.9 Å². The molecule has 8 heteroatoms. The van der Waals surface area contributed by atoms with E-state index in [9.17, 15) is 4.39 Å². The number of aryl methyl sites for hydroxylation is 1. The number of guanidine groups is 1. The smallest absolute Gasteiger partial charge is 0.194 e. The third-order valence-electron chi connectivity index (χ3n) is 4.19. The summed E-state index contributed by atoms with van der Waals surface area (Å²) in [6, 6.07) is 6.66. The van der Waals surface area contributed by atoms with Gasteiger partial charge in [0, 0.05) is 46.0 Å². The minimum absolute atomic E-state index is 0.203. The summed E-state index contributed by atoms with van der Waals surface area (Å²) in [5.74, 6) is 1.52. The standard InChI is InChI=1S/C16H22FN7/c1-18-16(19-11-15-21-20-12-22(15)2)24-9-7-23(8-10-24)14-5-3-13(17)4-6-14/h3-6,12H,7-11H2,1-2H3,(H,18,19). The van der Waals surface area contributed by atoms with Gasteiger partial charge in [0.15, 0.2) is 11.8 Å². The second-order valence-electron chi connectivity index (χ2n) is 5.71. The van der Waals surface area contributed by atoms with Crippen molar-refractivity contribution in [1.82, 2.24) is 25.0 Å². The Morgan fingerprint density at radius 3 is 2.50 bits per heavy atom. The highest BCUT2D eigenvalue weighted by molar-refractivity contribution is 5.80. The molecule has 2 heterocycles. The number of piperazine rings is 1. The van der Waals surface area contributed by atoms with Crippen LogP contribution in [0, 0.1) is 5.82 Å². The molecule has 0 saturated carbocycles. The Bertz CT molecular complexity index is 687. The molecule has 0 spiro atoms. The summed E-state index contributed by atoms with van der Waals surface area (Å²) in [4.78, 5) is 8.83. The Balaban J connectivity index is 1.54. The number of hydrogen-bond donors (Lipinski definition) is 1. The van der Waals surface area contributed by atoms with E-state index in [1.54, 1.807) is 13.4 Å². The molecule has 1 N–H and O–H groups in total. The van der Waals surface area contributed by atoms with Crippen molar-refractivity contribution in [2.24, 2.45) is 12.0 Å². The molecule has 1 aliphatic heterocycles. The second-order valence-corrected chi connectivity index (χ2v) is 5.71. The van der Waals surface area contributed by atoms with Crippen molar-refractivity contribution in [3.8, 4) is 0 Å². The molecule has 0 amide bonds. The summed E-state index contributed by atoms with van der Waals surface area (Å²) < 4.78 is 14.9. The first kappa shape index (κ1) is 16.2. The molecule has 2 aromatic rings. The molecule has 0 unspecified atom stereocenters. The van der Waals surface area contributed by atoms with Gasteiger partial charge in [0.2, 0.25) is 0 Å². The van der Waals surface area contributed by atoms with Crippen LogP contribution < -0.4 is 10.2 Å². The molecule has 3 rings (SSSR count). The third-order valence-corrected chi connectivity index (χ3v) is 4.19. The molecule has 24 heavy (non-hydrogen) atoms. The summed E-state index contributed by atoms with van der Waals surface area (Å²) >= 11 is 0. The van der Waals surface area contributed by atoms with Gasteiger partial charge in [0.1, 0.15) is 12.1 Å². The van der Waals surface area contributed by atoms with Gasteiger partial charge in [-0.15, -0.1) is 10.2 Å². The molecular formula is C16H22FN7. The van der Waals surface area contributed by atoms with Crippen LogP contribution in [-0.2, 0) is 13.6 Å². The van der Waals surface area contributed by atoms with Crippen LogP contribution in [0.4, 0.5) is 10.1 Å². The highest BCUT2D eigenvalue weighted by atomic mass is 19.1. The van der Waals surface area contributed by atoms with Crippen LogP contribution >= 0.6 is 0 Å². The topological polar surface area (TPSA) is 61.6 Å². The minimum Gasteiger partial charge on any atom is -0.368 e. The van der Waals surface area contributed by atoms with Gasteiger partial charge in [-0.3, -0.25) is 4.99 Å². The Kier molecular flexibility index (Phi) is 4.93. The van der Waals surface area contributed by atoms with Crippen molar-refractivity contribution in [2.45, 2.75) is 6.54 Å². The number of nitrogens with one attached hydrogen (secondary N) is 1. The first-order valence-electron chi connectivity index (χ1n) is 7.96. The summed E-state index contributed by atoms with van der Waals surface area (Å²) in [6.07, 6.45) is 1.68. The zero-order valence-electron chi connectivity index (χ0n) is 14.0.